The first-order chi connectivity index (χ1) is 8.43. The molecule has 0 bridgehead atoms. The average molecular weight is 396 g/mol. The van der Waals surface area contributed by atoms with E-state index >= 15 is 0 Å². The van der Waals surface area contributed by atoms with Gasteiger partial charge >= 0.3 is 0 Å². The van der Waals surface area contributed by atoms with Gasteiger partial charge in [-0.3, -0.25) is 4.99 Å². The Balaban J connectivity index is 0.00000324. The highest BCUT2D eigenvalue weighted by molar-refractivity contribution is 14.0. The van der Waals surface area contributed by atoms with Gasteiger partial charge in [-0.1, -0.05) is 13.8 Å². The van der Waals surface area contributed by atoms with Gasteiger partial charge in [0.05, 0.1) is 12.2 Å². The van der Waals surface area contributed by atoms with E-state index < -0.39 is 0 Å². The van der Waals surface area contributed by atoms with Crippen LogP contribution in [0.5, 0.6) is 0 Å². The second kappa shape index (κ2) is 8.73. The Morgan fingerprint density at radius 3 is 2.37 bits per heavy atom. The molecule has 4 nitrogen and oxygen atoms in total. The first-order valence-electron chi connectivity index (χ1n) is 6.34. The molecule has 110 valence electrons. The number of hydrogen-bond acceptors (Lipinski definition) is 3. The number of thiazole rings is 1. The number of aryl methyl sites for hydroxylation is 2. The van der Waals surface area contributed by atoms with Gasteiger partial charge in [0.2, 0.25) is 0 Å². The molecule has 0 saturated heterocycles. The zero-order valence-corrected chi connectivity index (χ0v) is 15.7. The van der Waals surface area contributed by atoms with Crippen molar-refractivity contribution in [1.82, 2.24) is 15.6 Å². The summed E-state index contributed by atoms with van der Waals surface area (Å²) < 4.78 is 0. The number of rotatable bonds is 4. The standard InChI is InChI=1S/C13H24N4S.HI/c1-8(2)9(3)17-13(14-6)15-7-12-16-10(4)11(5)18-12;/h8-9H,7H2,1-6H3,(H2,14,15,17);1H. The fourth-order valence-electron chi connectivity index (χ4n) is 1.35. The fraction of sp³-hybridized carbons (Fsp3) is 0.692. The summed E-state index contributed by atoms with van der Waals surface area (Å²) in [5.74, 6) is 1.41. The molecule has 1 atom stereocenters. The number of nitrogens with one attached hydrogen (secondary N) is 2. The normalized spacial score (nSPS) is 13.1. The van der Waals surface area contributed by atoms with Crippen molar-refractivity contribution in [3.63, 3.8) is 0 Å². The van der Waals surface area contributed by atoms with Crippen molar-refractivity contribution in [2.75, 3.05) is 7.05 Å². The molecule has 1 unspecified atom stereocenters. The van der Waals surface area contributed by atoms with Gasteiger partial charge in [0.15, 0.2) is 5.96 Å². The minimum absolute atomic E-state index is 0. The minimum Gasteiger partial charge on any atom is -0.354 e. The topological polar surface area (TPSA) is 49.3 Å². The third kappa shape index (κ3) is 6.07. The van der Waals surface area contributed by atoms with E-state index in [0.29, 0.717) is 12.0 Å². The molecular weight excluding hydrogens is 371 g/mol. The maximum atomic E-state index is 4.50. The SMILES string of the molecule is CN=C(NCc1nc(C)c(C)s1)NC(C)C(C)C.I. The van der Waals surface area contributed by atoms with Crippen molar-refractivity contribution < 1.29 is 0 Å². The van der Waals surface area contributed by atoms with Crippen molar-refractivity contribution in [3.05, 3.63) is 15.6 Å². The van der Waals surface area contributed by atoms with Crippen molar-refractivity contribution in [1.29, 1.82) is 0 Å². The molecule has 0 aliphatic heterocycles. The second-order valence-electron chi connectivity index (χ2n) is 4.85. The lowest BCUT2D eigenvalue weighted by molar-refractivity contribution is 0.481. The number of halogens is 1. The smallest absolute Gasteiger partial charge is 0.191 e. The molecule has 1 aromatic heterocycles. The lowest BCUT2D eigenvalue weighted by Crippen LogP contribution is -2.43. The van der Waals surface area contributed by atoms with Crippen LogP contribution in [-0.2, 0) is 6.54 Å². The molecule has 1 heterocycles. The fourth-order valence-corrected chi connectivity index (χ4v) is 2.22. The molecule has 1 aromatic rings. The average Bonchev–Trinajstić information content (AvgIpc) is 2.63. The molecule has 0 saturated carbocycles. The van der Waals surface area contributed by atoms with Crippen LogP contribution in [0.4, 0.5) is 0 Å². The first-order valence-corrected chi connectivity index (χ1v) is 7.15. The maximum Gasteiger partial charge on any atom is 0.191 e. The van der Waals surface area contributed by atoms with Crippen LogP contribution in [0.1, 0.15) is 36.3 Å². The summed E-state index contributed by atoms with van der Waals surface area (Å²) in [7, 11) is 1.79. The highest BCUT2D eigenvalue weighted by Gasteiger charge is 2.09. The molecular formula is C13H25IN4S. The van der Waals surface area contributed by atoms with E-state index in [1.54, 1.807) is 18.4 Å². The Morgan fingerprint density at radius 1 is 1.32 bits per heavy atom. The summed E-state index contributed by atoms with van der Waals surface area (Å²) in [4.78, 5) is 10.0. The van der Waals surface area contributed by atoms with Gasteiger partial charge in [-0.2, -0.15) is 0 Å². The molecule has 0 fully saturated rings. The number of guanidine groups is 1. The monoisotopic (exact) mass is 396 g/mol. The van der Waals surface area contributed by atoms with Crippen molar-refractivity contribution in [2.45, 2.75) is 47.2 Å². The van der Waals surface area contributed by atoms with Gasteiger partial charge in [0.25, 0.3) is 0 Å². The summed E-state index contributed by atoms with van der Waals surface area (Å²) in [5.41, 5.74) is 1.12. The summed E-state index contributed by atoms with van der Waals surface area (Å²) in [5, 5.41) is 7.77. The van der Waals surface area contributed by atoms with Crippen LogP contribution in [0.15, 0.2) is 4.99 Å². The predicted octanol–water partition coefficient (Wildman–Crippen LogP) is 3.09. The van der Waals surface area contributed by atoms with Crippen LogP contribution < -0.4 is 10.6 Å². The van der Waals surface area contributed by atoms with Crippen LogP contribution in [0.2, 0.25) is 0 Å². The lowest BCUT2D eigenvalue weighted by atomic mass is 10.1. The van der Waals surface area contributed by atoms with Gasteiger partial charge < -0.3 is 10.6 Å². The zero-order chi connectivity index (χ0) is 13.7. The summed E-state index contributed by atoms with van der Waals surface area (Å²) in [6.07, 6.45) is 0. The first kappa shape index (κ1) is 18.6. The van der Waals surface area contributed by atoms with Gasteiger partial charge in [-0.05, 0) is 26.7 Å². The molecule has 6 heteroatoms. The number of aliphatic imine (C=N–C) groups is 1. The van der Waals surface area contributed by atoms with Crippen molar-refractivity contribution in [2.24, 2.45) is 10.9 Å². The third-order valence-electron chi connectivity index (χ3n) is 3.07. The molecule has 0 aliphatic rings. The molecule has 0 aliphatic carbocycles. The third-order valence-corrected chi connectivity index (χ3v) is 4.14. The lowest BCUT2D eigenvalue weighted by Gasteiger charge is -2.20. The van der Waals surface area contributed by atoms with E-state index in [2.05, 4.69) is 48.3 Å². The van der Waals surface area contributed by atoms with Crippen LogP contribution in [0.3, 0.4) is 0 Å². The van der Waals surface area contributed by atoms with Crippen LogP contribution in [0, 0.1) is 19.8 Å². The predicted molar refractivity (Wildman–Crippen MR) is 94.6 cm³/mol. The number of aromatic nitrogens is 1. The highest BCUT2D eigenvalue weighted by atomic mass is 127. The Hall–Kier alpha value is -0.370. The summed E-state index contributed by atoms with van der Waals surface area (Å²) in [6.45, 7) is 11.4. The van der Waals surface area contributed by atoms with Gasteiger partial charge in [-0.25, -0.2) is 4.98 Å². The van der Waals surface area contributed by atoms with Gasteiger partial charge in [0.1, 0.15) is 5.01 Å². The molecule has 1 rings (SSSR count). The van der Waals surface area contributed by atoms with E-state index in [1.807, 2.05) is 6.92 Å². The minimum atomic E-state index is 0. The quantitative estimate of drug-likeness (QED) is 0.467. The Morgan fingerprint density at radius 2 is 1.95 bits per heavy atom. The van der Waals surface area contributed by atoms with E-state index in [-0.39, 0.29) is 24.0 Å². The summed E-state index contributed by atoms with van der Waals surface area (Å²) in [6, 6.07) is 0.399. The number of hydrogen-bond donors (Lipinski definition) is 2. The number of nitrogens with zero attached hydrogens (tertiary/aromatic N) is 2. The summed E-state index contributed by atoms with van der Waals surface area (Å²) >= 11 is 1.74. The van der Waals surface area contributed by atoms with Gasteiger partial charge in [0, 0.05) is 18.0 Å². The zero-order valence-electron chi connectivity index (χ0n) is 12.6. The largest absolute Gasteiger partial charge is 0.354 e. The van der Waals surface area contributed by atoms with Crippen LogP contribution >= 0.6 is 35.3 Å². The highest BCUT2D eigenvalue weighted by Crippen LogP contribution is 2.15. The Kier molecular flexibility index (Phi) is 8.56. The van der Waals surface area contributed by atoms with Crippen molar-refractivity contribution >= 4 is 41.3 Å². The van der Waals surface area contributed by atoms with E-state index in [1.165, 1.54) is 4.88 Å². The maximum absolute atomic E-state index is 4.50. The van der Waals surface area contributed by atoms with Crippen LogP contribution in [-0.4, -0.2) is 24.0 Å². The Labute approximate surface area is 137 Å². The van der Waals surface area contributed by atoms with E-state index in [4.69, 9.17) is 0 Å². The second-order valence-corrected chi connectivity index (χ2v) is 6.14. The molecule has 0 aromatic carbocycles. The van der Waals surface area contributed by atoms with Crippen LogP contribution in [0.25, 0.3) is 0 Å². The molecule has 19 heavy (non-hydrogen) atoms. The Bertz CT molecular complexity index is 395. The molecule has 0 amide bonds. The van der Waals surface area contributed by atoms with Gasteiger partial charge in [-0.15, -0.1) is 35.3 Å². The molecule has 0 radical (unpaired) electrons. The van der Waals surface area contributed by atoms with E-state index in [9.17, 15) is 0 Å². The van der Waals surface area contributed by atoms with Crippen molar-refractivity contribution in [3.8, 4) is 0 Å². The van der Waals surface area contributed by atoms with E-state index in [0.717, 1.165) is 23.2 Å². The molecule has 2 N–H and O–H groups in total. The molecule has 0 spiro atoms.